The normalized spacial score (nSPS) is 16.4. The highest BCUT2D eigenvalue weighted by Crippen LogP contribution is 2.23. The summed E-state index contributed by atoms with van der Waals surface area (Å²) >= 11 is 0. The van der Waals surface area contributed by atoms with Crippen LogP contribution in [0.1, 0.15) is 49.5 Å². The minimum atomic E-state index is -0.471. The van der Waals surface area contributed by atoms with Crippen LogP contribution in [0.2, 0.25) is 0 Å². The number of rotatable bonds is 10. The molecule has 1 aromatic carbocycles. The SMILES string of the molecule is CCCN1CC[C@H](Nc2nc(Nc3cc(C(N)=O)ccc3C)nc(N(C)CC(C)C)n2)C1. The van der Waals surface area contributed by atoms with Gasteiger partial charge in [-0.3, -0.25) is 4.79 Å². The minimum absolute atomic E-state index is 0.306. The molecule has 9 heteroatoms. The lowest BCUT2D eigenvalue weighted by Crippen LogP contribution is -2.29. The summed E-state index contributed by atoms with van der Waals surface area (Å²) < 4.78 is 0. The highest BCUT2D eigenvalue weighted by Gasteiger charge is 2.23. The molecule has 0 radical (unpaired) electrons. The molecule has 9 nitrogen and oxygen atoms in total. The standard InChI is InChI=1S/C23H36N8O/c1-6-10-31-11-9-18(14-31)25-21-27-22(29-23(28-21)30(5)13-15(2)3)26-19-12-17(20(24)32)8-7-16(19)4/h7-8,12,15,18H,6,9-11,13-14H2,1-5H3,(H2,24,32)(H2,25,26,27,28,29)/t18-/m0/s1. The fraction of sp³-hybridized carbons (Fsp3) is 0.565. The topological polar surface area (TPSA) is 112 Å². The number of carbonyl (C=O) groups excluding carboxylic acids is 1. The van der Waals surface area contributed by atoms with Crippen LogP contribution in [0.4, 0.5) is 23.5 Å². The molecule has 3 rings (SSSR count). The van der Waals surface area contributed by atoms with Gasteiger partial charge in [-0.15, -0.1) is 0 Å². The maximum absolute atomic E-state index is 11.6. The summed E-state index contributed by atoms with van der Waals surface area (Å²) in [5.74, 6) is 1.59. The van der Waals surface area contributed by atoms with Gasteiger partial charge in [0.1, 0.15) is 0 Å². The predicted molar refractivity (Wildman–Crippen MR) is 130 cm³/mol. The van der Waals surface area contributed by atoms with Gasteiger partial charge in [-0.1, -0.05) is 26.8 Å². The summed E-state index contributed by atoms with van der Waals surface area (Å²) in [6.45, 7) is 12.5. The number of nitrogens with zero attached hydrogens (tertiary/aromatic N) is 5. The molecule has 1 atom stereocenters. The third-order valence-electron chi connectivity index (χ3n) is 5.52. The quantitative estimate of drug-likeness (QED) is 0.517. The van der Waals surface area contributed by atoms with E-state index in [4.69, 9.17) is 10.7 Å². The Kier molecular flexibility index (Phi) is 7.84. The van der Waals surface area contributed by atoms with Gasteiger partial charge < -0.3 is 26.2 Å². The molecule has 1 aliphatic rings. The van der Waals surface area contributed by atoms with Crippen LogP contribution in [0.3, 0.4) is 0 Å². The molecule has 0 aliphatic carbocycles. The largest absolute Gasteiger partial charge is 0.366 e. The molecule has 1 aliphatic heterocycles. The van der Waals surface area contributed by atoms with Crippen molar-refractivity contribution in [2.45, 2.75) is 46.6 Å². The van der Waals surface area contributed by atoms with E-state index in [0.29, 0.717) is 35.4 Å². The van der Waals surface area contributed by atoms with Gasteiger partial charge in [-0.2, -0.15) is 15.0 Å². The molecule has 1 fully saturated rings. The molecule has 4 N–H and O–H groups in total. The predicted octanol–water partition coefficient (Wildman–Crippen LogP) is 3.01. The van der Waals surface area contributed by atoms with Crippen LogP contribution in [-0.4, -0.2) is 65.0 Å². The van der Waals surface area contributed by atoms with Crippen molar-refractivity contribution >= 4 is 29.4 Å². The van der Waals surface area contributed by atoms with E-state index in [-0.39, 0.29) is 0 Å². The van der Waals surface area contributed by atoms with Gasteiger partial charge in [0.15, 0.2) is 0 Å². The van der Waals surface area contributed by atoms with Gasteiger partial charge in [0.25, 0.3) is 0 Å². The van der Waals surface area contributed by atoms with Crippen molar-refractivity contribution in [2.75, 3.05) is 48.8 Å². The molecule has 0 saturated carbocycles. The second-order valence-corrected chi connectivity index (χ2v) is 9.01. The van der Waals surface area contributed by atoms with Gasteiger partial charge >= 0.3 is 0 Å². The zero-order valence-corrected chi connectivity index (χ0v) is 19.9. The Morgan fingerprint density at radius 1 is 1.28 bits per heavy atom. The van der Waals surface area contributed by atoms with E-state index in [1.54, 1.807) is 12.1 Å². The molecule has 1 amide bonds. The van der Waals surface area contributed by atoms with Crippen molar-refractivity contribution in [3.8, 4) is 0 Å². The molecular formula is C23H36N8O. The average Bonchev–Trinajstić information content (AvgIpc) is 3.16. The number of carbonyl (C=O) groups is 1. The molecule has 1 aromatic heterocycles. The summed E-state index contributed by atoms with van der Waals surface area (Å²) in [5.41, 5.74) is 7.60. The molecule has 2 aromatic rings. The minimum Gasteiger partial charge on any atom is -0.366 e. The number of aromatic nitrogens is 3. The van der Waals surface area contributed by atoms with Gasteiger partial charge in [-0.05, 0) is 49.9 Å². The summed E-state index contributed by atoms with van der Waals surface area (Å²) in [4.78, 5) is 30.1. The number of nitrogens with one attached hydrogen (secondary N) is 2. The second kappa shape index (κ2) is 10.6. The van der Waals surface area contributed by atoms with Gasteiger partial charge in [-0.25, -0.2) is 0 Å². The van der Waals surface area contributed by atoms with Crippen LogP contribution in [0.15, 0.2) is 18.2 Å². The van der Waals surface area contributed by atoms with Crippen LogP contribution < -0.4 is 21.3 Å². The zero-order chi connectivity index (χ0) is 23.3. The van der Waals surface area contributed by atoms with Crippen LogP contribution in [-0.2, 0) is 0 Å². The van der Waals surface area contributed by atoms with Crippen LogP contribution in [0, 0.1) is 12.8 Å². The molecular weight excluding hydrogens is 404 g/mol. The number of likely N-dealkylation sites (tertiary alicyclic amines) is 1. The fourth-order valence-electron chi connectivity index (χ4n) is 3.97. The molecule has 0 bridgehead atoms. The van der Waals surface area contributed by atoms with Gasteiger partial charge in [0.2, 0.25) is 23.8 Å². The molecule has 0 unspecified atom stereocenters. The smallest absolute Gasteiger partial charge is 0.248 e. The van der Waals surface area contributed by atoms with Crippen LogP contribution >= 0.6 is 0 Å². The lowest BCUT2D eigenvalue weighted by atomic mass is 10.1. The van der Waals surface area contributed by atoms with Crippen LogP contribution in [0.5, 0.6) is 0 Å². The first-order chi connectivity index (χ1) is 15.2. The van der Waals surface area contributed by atoms with Gasteiger partial charge in [0, 0.05) is 44.0 Å². The Bertz CT molecular complexity index is 932. The highest BCUT2D eigenvalue weighted by atomic mass is 16.1. The highest BCUT2D eigenvalue weighted by molar-refractivity contribution is 5.94. The molecule has 174 valence electrons. The number of aryl methyl sites for hydroxylation is 1. The number of anilines is 4. The maximum atomic E-state index is 11.6. The van der Waals surface area contributed by atoms with Crippen molar-refractivity contribution in [1.29, 1.82) is 0 Å². The second-order valence-electron chi connectivity index (χ2n) is 9.01. The monoisotopic (exact) mass is 440 g/mol. The lowest BCUT2D eigenvalue weighted by molar-refractivity contribution is 0.100. The Balaban J connectivity index is 1.87. The van der Waals surface area contributed by atoms with E-state index in [9.17, 15) is 4.79 Å². The van der Waals surface area contributed by atoms with E-state index in [1.807, 2.05) is 24.9 Å². The number of primary amides is 1. The number of nitrogens with two attached hydrogens (primary N) is 1. The zero-order valence-electron chi connectivity index (χ0n) is 19.9. The van der Waals surface area contributed by atoms with E-state index in [2.05, 4.69) is 46.3 Å². The van der Waals surface area contributed by atoms with E-state index in [0.717, 1.165) is 50.3 Å². The lowest BCUT2D eigenvalue weighted by Gasteiger charge is -2.21. The third kappa shape index (κ3) is 6.29. The van der Waals surface area contributed by atoms with Crippen molar-refractivity contribution < 1.29 is 4.79 Å². The third-order valence-corrected chi connectivity index (χ3v) is 5.52. The first-order valence-corrected chi connectivity index (χ1v) is 11.4. The van der Waals surface area contributed by atoms with Crippen molar-refractivity contribution in [3.05, 3.63) is 29.3 Å². The summed E-state index contributed by atoms with van der Waals surface area (Å²) in [6, 6.07) is 5.61. The molecule has 2 heterocycles. The average molecular weight is 441 g/mol. The van der Waals surface area contributed by atoms with Crippen molar-refractivity contribution in [3.63, 3.8) is 0 Å². The Labute approximate surface area is 190 Å². The number of amides is 1. The number of hydrogen-bond acceptors (Lipinski definition) is 8. The van der Waals surface area contributed by atoms with E-state index < -0.39 is 5.91 Å². The van der Waals surface area contributed by atoms with Gasteiger partial charge in [0.05, 0.1) is 0 Å². The summed E-state index contributed by atoms with van der Waals surface area (Å²) in [6.07, 6.45) is 2.21. The molecule has 0 spiro atoms. The van der Waals surface area contributed by atoms with Crippen LogP contribution in [0.25, 0.3) is 0 Å². The Morgan fingerprint density at radius 2 is 2.03 bits per heavy atom. The summed E-state index contributed by atoms with van der Waals surface area (Å²) in [5, 5.41) is 6.77. The Hall–Kier alpha value is -2.94. The van der Waals surface area contributed by atoms with Crippen molar-refractivity contribution in [1.82, 2.24) is 19.9 Å². The first-order valence-electron chi connectivity index (χ1n) is 11.4. The number of benzene rings is 1. The molecule has 32 heavy (non-hydrogen) atoms. The van der Waals surface area contributed by atoms with E-state index >= 15 is 0 Å². The Morgan fingerprint density at radius 3 is 2.72 bits per heavy atom. The first kappa shape index (κ1) is 23.7. The summed E-state index contributed by atoms with van der Waals surface area (Å²) in [7, 11) is 1.99. The van der Waals surface area contributed by atoms with Crippen molar-refractivity contribution in [2.24, 2.45) is 11.7 Å². The van der Waals surface area contributed by atoms with E-state index in [1.165, 1.54) is 0 Å². The molecule has 1 saturated heterocycles. The fourth-order valence-corrected chi connectivity index (χ4v) is 3.97. The number of hydrogen-bond donors (Lipinski definition) is 3. The maximum Gasteiger partial charge on any atom is 0.248 e.